The smallest absolute Gasteiger partial charge is 0.405 e. The molecule has 4 nitrogen and oxygen atoms in total. The van der Waals surface area contributed by atoms with E-state index in [0.717, 1.165) is 5.69 Å². The Morgan fingerprint density at radius 2 is 2.10 bits per heavy atom. The van der Waals surface area contributed by atoms with Crippen LogP contribution in [0.3, 0.4) is 0 Å². The van der Waals surface area contributed by atoms with Crippen molar-refractivity contribution in [3.8, 4) is 5.75 Å². The maximum Gasteiger partial charge on any atom is 0.573 e. The lowest BCUT2D eigenvalue weighted by molar-refractivity contribution is -0.274. The Labute approximate surface area is 121 Å². The highest BCUT2D eigenvalue weighted by molar-refractivity contribution is 9.10. The first-order valence-electron chi connectivity index (χ1n) is 5.61. The summed E-state index contributed by atoms with van der Waals surface area (Å²) in [4.78, 5) is 0. The molecule has 0 atom stereocenters. The lowest BCUT2D eigenvalue weighted by Crippen LogP contribution is -2.17. The Morgan fingerprint density at radius 1 is 1.35 bits per heavy atom. The summed E-state index contributed by atoms with van der Waals surface area (Å²) in [6, 6.07) is 6.14. The summed E-state index contributed by atoms with van der Waals surface area (Å²) in [5.74, 6) is -0.274. The highest BCUT2D eigenvalue weighted by Gasteiger charge is 2.31. The minimum absolute atomic E-state index is 0.227. The lowest BCUT2D eigenvalue weighted by Gasteiger charge is -2.12. The van der Waals surface area contributed by atoms with Crippen LogP contribution in [0.2, 0.25) is 0 Å². The molecule has 2 rings (SSSR count). The molecule has 0 saturated heterocycles. The first-order valence-corrected chi connectivity index (χ1v) is 6.40. The molecule has 0 aliphatic heterocycles. The fraction of sp³-hybridized carbons (Fsp3) is 0.250. The van der Waals surface area contributed by atoms with Gasteiger partial charge in [0.25, 0.3) is 0 Å². The van der Waals surface area contributed by atoms with E-state index in [4.69, 9.17) is 0 Å². The highest BCUT2D eigenvalue weighted by atomic mass is 79.9. The number of anilines is 1. The van der Waals surface area contributed by atoms with Crippen LogP contribution in [0, 0.1) is 0 Å². The van der Waals surface area contributed by atoms with Crippen LogP contribution in [-0.4, -0.2) is 16.1 Å². The summed E-state index contributed by atoms with van der Waals surface area (Å²) in [5, 5.41) is 7.11. The molecule has 0 amide bonds. The SMILES string of the molecule is Cn1nccc1CNc1ccc(OC(F)(F)F)c(Br)c1. The van der Waals surface area contributed by atoms with Crippen molar-refractivity contribution in [2.45, 2.75) is 12.9 Å². The van der Waals surface area contributed by atoms with Gasteiger partial charge in [-0.3, -0.25) is 4.68 Å². The predicted molar refractivity (Wildman–Crippen MR) is 71.4 cm³/mol. The number of aromatic nitrogens is 2. The summed E-state index contributed by atoms with van der Waals surface area (Å²) < 4.78 is 42.2. The van der Waals surface area contributed by atoms with Crippen LogP contribution in [0.4, 0.5) is 18.9 Å². The van der Waals surface area contributed by atoms with Crippen molar-refractivity contribution in [3.05, 3.63) is 40.6 Å². The standard InChI is InChI=1S/C12H11BrF3N3O/c1-19-9(4-5-18-19)7-17-8-2-3-11(10(13)6-8)20-12(14,15)16/h2-6,17H,7H2,1H3. The number of halogens is 4. The second-order valence-electron chi connectivity index (χ2n) is 3.99. The van der Waals surface area contributed by atoms with Crippen molar-refractivity contribution in [2.75, 3.05) is 5.32 Å². The molecule has 0 unspecified atom stereocenters. The molecule has 0 saturated carbocycles. The molecule has 0 bridgehead atoms. The fourth-order valence-electron chi connectivity index (χ4n) is 1.59. The second kappa shape index (κ2) is 5.74. The van der Waals surface area contributed by atoms with Crippen molar-refractivity contribution in [3.63, 3.8) is 0 Å². The number of alkyl halides is 3. The molecule has 2 aromatic rings. The van der Waals surface area contributed by atoms with Gasteiger partial charge in [0.2, 0.25) is 0 Å². The molecule has 108 valence electrons. The Morgan fingerprint density at radius 3 is 2.65 bits per heavy atom. The van der Waals surface area contributed by atoms with E-state index in [2.05, 4.69) is 31.1 Å². The van der Waals surface area contributed by atoms with Gasteiger partial charge < -0.3 is 10.1 Å². The lowest BCUT2D eigenvalue weighted by atomic mass is 10.3. The van der Waals surface area contributed by atoms with E-state index in [9.17, 15) is 13.2 Å². The minimum Gasteiger partial charge on any atom is -0.405 e. The quantitative estimate of drug-likeness (QED) is 0.914. The molecule has 0 fully saturated rings. The van der Waals surface area contributed by atoms with Crippen LogP contribution in [0.5, 0.6) is 5.75 Å². The predicted octanol–water partition coefficient (Wildman–Crippen LogP) is 3.69. The van der Waals surface area contributed by atoms with Gasteiger partial charge >= 0.3 is 6.36 Å². The Hall–Kier alpha value is -1.70. The number of rotatable bonds is 4. The van der Waals surface area contributed by atoms with Gasteiger partial charge in [-0.15, -0.1) is 13.2 Å². The average molecular weight is 350 g/mol. The number of ether oxygens (including phenoxy) is 1. The van der Waals surface area contributed by atoms with E-state index in [1.807, 2.05) is 13.1 Å². The molecule has 1 aromatic heterocycles. The van der Waals surface area contributed by atoms with Crippen molar-refractivity contribution in [1.29, 1.82) is 0 Å². The summed E-state index contributed by atoms with van der Waals surface area (Å²) in [5.41, 5.74) is 1.63. The fourth-order valence-corrected chi connectivity index (χ4v) is 2.05. The van der Waals surface area contributed by atoms with E-state index < -0.39 is 6.36 Å². The Bertz CT molecular complexity index is 598. The maximum absolute atomic E-state index is 12.1. The molecule has 8 heteroatoms. The van der Waals surface area contributed by atoms with Gasteiger partial charge in [-0.1, -0.05) is 0 Å². The molecule has 1 heterocycles. The number of nitrogens with zero attached hydrogens (tertiary/aromatic N) is 2. The summed E-state index contributed by atoms with van der Waals surface area (Å²) in [6.07, 6.45) is -3.03. The van der Waals surface area contributed by atoms with E-state index in [1.54, 1.807) is 10.9 Å². The zero-order valence-electron chi connectivity index (χ0n) is 10.4. The van der Waals surface area contributed by atoms with Gasteiger partial charge in [-0.25, -0.2) is 0 Å². The van der Waals surface area contributed by atoms with Crippen LogP contribution in [-0.2, 0) is 13.6 Å². The van der Waals surface area contributed by atoms with Gasteiger partial charge in [0.05, 0.1) is 16.7 Å². The van der Waals surface area contributed by atoms with Crippen LogP contribution < -0.4 is 10.1 Å². The third-order valence-electron chi connectivity index (χ3n) is 2.55. The van der Waals surface area contributed by atoms with Crippen molar-refractivity contribution in [2.24, 2.45) is 7.05 Å². The molecular weight excluding hydrogens is 339 g/mol. The third kappa shape index (κ3) is 3.89. The van der Waals surface area contributed by atoms with Crippen molar-refractivity contribution < 1.29 is 17.9 Å². The Kier molecular flexibility index (Phi) is 4.22. The van der Waals surface area contributed by atoms with E-state index in [1.165, 1.54) is 18.2 Å². The monoisotopic (exact) mass is 349 g/mol. The number of nitrogens with one attached hydrogen (secondary N) is 1. The molecule has 20 heavy (non-hydrogen) atoms. The molecule has 0 radical (unpaired) electrons. The molecule has 0 spiro atoms. The molecule has 0 aliphatic carbocycles. The van der Waals surface area contributed by atoms with Crippen LogP contribution in [0.1, 0.15) is 5.69 Å². The van der Waals surface area contributed by atoms with E-state index in [-0.39, 0.29) is 10.2 Å². The first kappa shape index (κ1) is 14.7. The minimum atomic E-state index is -4.70. The number of hydrogen-bond donors (Lipinski definition) is 1. The molecular formula is C12H11BrF3N3O. The number of hydrogen-bond acceptors (Lipinski definition) is 3. The van der Waals surface area contributed by atoms with E-state index in [0.29, 0.717) is 12.2 Å². The van der Waals surface area contributed by atoms with Crippen molar-refractivity contribution in [1.82, 2.24) is 9.78 Å². The highest BCUT2D eigenvalue weighted by Crippen LogP contribution is 2.32. The zero-order valence-corrected chi connectivity index (χ0v) is 12.0. The van der Waals surface area contributed by atoms with Gasteiger partial charge in [-0.2, -0.15) is 5.10 Å². The van der Waals surface area contributed by atoms with Gasteiger partial charge in [-0.05, 0) is 40.2 Å². The van der Waals surface area contributed by atoms with Gasteiger partial charge in [0, 0.05) is 18.9 Å². The van der Waals surface area contributed by atoms with Gasteiger partial charge in [0.15, 0.2) is 0 Å². The first-order chi connectivity index (χ1) is 9.35. The average Bonchev–Trinajstić information content (AvgIpc) is 2.74. The summed E-state index contributed by atoms with van der Waals surface area (Å²) in [7, 11) is 1.81. The Balaban J connectivity index is 2.04. The maximum atomic E-state index is 12.1. The van der Waals surface area contributed by atoms with Gasteiger partial charge in [0.1, 0.15) is 5.75 Å². The molecule has 1 N–H and O–H groups in total. The zero-order chi connectivity index (χ0) is 14.8. The van der Waals surface area contributed by atoms with Crippen LogP contribution >= 0.6 is 15.9 Å². The molecule has 1 aromatic carbocycles. The van der Waals surface area contributed by atoms with Crippen molar-refractivity contribution >= 4 is 21.6 Å². The summed E-state index contributed by atoms with van der Waals surface area (Å²) in [6.45, 7) is 0.516. The summed E-state index contributed by atoms with van der Waals surface area (Å²) >= 11 is 3.05. The van der Waals surface area contributed by atoms with Crippen LogP contribution in [0.15, 0.2) is 34.9 Å². The second-order valence-corrected chi connectivity index (χ2v) is 4.85. The topological polar surface area (TPSA) is 39.1 Å². The number of benzene rings is 1. The largest absolute Gasteiger partial charge is 0.573 e. The van der Waals surface area contributed by atoms with E-state index >= 15 is 0 Å². The number of aryl methyl sites for hydroxylation is 1. The third-order valence-corrected chi connectivity index (χ3v) is 3.17. The normalized spacial score (nSPS) is 11.4. The van der Waals surface area contributed by atoms with Crippen LogP contribution in [0.25, 0.3) is 0 Å². The molecule has 0 aliphatic rings.